The summed E-state index contributed by atoms with van der Waals surface area (Å²) in [7, 11) is 0. The predicted molar refractivity (Wildman–Crippen MR) is 93.2 cm³/mol. The zero-order valence-electron chi connectivity index (χ0n) is 13.4. The average Bonchev–Trinajstić information content (AvgIpc) is 2.90. The number of carbonyl (C=O) groups is 1. The molecule has 0 spiro atoms. The fraction of sp³-hybridized carbons (Fsp3) is 0.263. The lowest BCUT2D eigenvalue weighted by Gasteiger charge is -2.03. The van der Waals surface area contributed by atoms with Gasteiger partial charge in [0.05, 0.1) is 5.52 Å². The zero-order chi connectivity index (χ0) is 16.9. The van der Waals surface area contributed by atoms with Gasteiger partial charge in [-0.2, -0.15) is 4.57 Å². The summed E-state index contributed by atoms with van der Waals surface area (Å²) >= 11 is 0. The van der Waals surface area contributed by atoms with Crippen molar-refractivity contribution in [2.75, 3.05) is 0 Å². The maximum Gasteiger partial charge on any atom is 0.428 e. The SMILES string of the molecule is NC(=O)n1c(=O)oc2cc(CCCCCc3ccccc3)ccc21. The number of aryl methyl sites for hydroxylation is 2. The molecule has 0 fully saturated rings. The van der Waals surface area contributed by atoms with Gasteiger partial charge in [-0.3, -0.25) is 0 Å². The number of aromatic nitrogens is 1. The lowest BCUT2D eigenvalue weighted by molar-refractivity contribution is 0.249. The van der Waals surface area contributed by atoms with E-state index in [4.69, 9.17) is 10.2 Å². The van der Waals surface area contributed by atoms with Crippen molar-refractivity contribution in [2.45, 2.75) is 32.1 Å². The molecule has 24 heavy (non-hydrogen) atoms. The largest absolute Gasteiger partial charge is 0.428 e. The topological polar surface area (TPSA) is 78.2 Å². The summed E-state index contributed by atoms with van der Waals surface area (Å²) in [5.74, 6) is -0.738. The Morgan fingerprint density at radius 3 is 2.38 bits per heavy atom. The molecule has 0 aliphatic heterocycles. The third-order valence-corrected chi connectivity index (χ3v) is 4.14. The second-order valence-corrected chi connectivity index (χ2v) is 5.89. The number of primary amides is 1. The van der Waals surface area contributed by atoms with Crippen LogP contribution in [-0.2, 0) is 12.8 Å². The molecule has 1 amide bonds. The Labute approximate surface area is 139 Å². The van der Waals surface area contributed by atoms with E-state index in [1.54, 1.807) is 6.07 Å². The molecule has 124 valence electrons. The molecule has 2 N–H and O–H groups in total. The number of hydrogen-bond acceptors (Lipinski definition) is 3. The lowest BCUT2D eigenvalue weighted by Crippen LogP contribution is -2.28. The van der Waals surface area contributed by atoms with E-state index in [0.29, 0.717) is 11.1 Å². The lowest BCUT2D eigenvalue weighted by atomic mass is 10.0. The third kappa shape index (κ3) is 3.56. The fourth-order valence-corrected chi connectivity index (χ4v) is 2.91. The highest BCUT2D eigenvalue weighted by molar-refractivity contribution is 5.87. The maximum absolute atomic E-state index is 11.6. The van der Waals surface area contributed by atoms with E-state index in [9.17, 15) is 9.59 Å². The Morgan fingerprint density at radius 1 is 0.958 bits per heavy atom. The molecule has 3 rings (SSSR count). The number of carbonyl (C=O) groups excluding carboxylic acids is 1. The molecule has 0 saturated carbocycles. The van der Waals surface area contributed by atoms with Crippen LogP contribution in [0.15, 0.2) is 57.7 Å². The van der Waals surface area contributed by atoms with Crippen molar-refractivity contribution in [3.05, 3.63) is 70.2 Å². The fourth-order valence-electron chi connectivity index (χ4n) is 2.91. The quantitative estimate of drug-likeness (QED) is 0.705. The van der Waals surface area contributed by atoms with E-state index in [2.05, 4.69) is 24.3 Å². The summed E-state index contributed by atoms with van der Waals surface area (Å²) in [4.78, 5) is 22.9. The minimum Gasteiger partial charge on any atom is -0.407 e. The van der Waals surface area contributed by atoms with Crippen molar-refractivity contribution < 1.29 is 9.21 Å². The number of oxazole rings is 1. The first-order valence-electron chi connectivity index (χ1n) is 8.13. The molecule has 0 atom stereocenters. The van der Waals surface area contributed by atoms with E-state index in [1.807, 2.05) is 18.2 Å². The Kier molecular flexibility index (Phi) is 4.79. The molecule has 0 aliphatic carbocycles. The molecule has 5 heteroatoms. The van der Waals surface area contributed by atoms with E-state index >= 15 is 0 Å². The number of nitrogens with zero attached hydrogens (tertiary/aromatic N) is 1. The third-order valence-electron chi connectivity index (χ3n) is 4.14. The van der Waals surface area contributed by atoms with Gasteiger partial charge in [-0.25, -0.2) is 9.59 Å². The molecule has 0 unspecified atom stereocenters. The van der Waals surface area contributed by atoms with Gasteiger partial charge in [0.25, 0.3) is 0 Å². The van der Waals surface area contributed by atoms with Crippen LogP contribution in [0.25, 0.3) is 11.1 Å². The van der Waals surface area contributed by atoms with Gasteiger partial charge >= 0.3 is 11.8 Å². The summed E-state index contributed by atoms with van der Waals surface area (Å²) in [6.45, 7) is 0. The highest BCUT2D eigenvalue weighted by atomic mass is 16.4. The minimum atomic E-state index is -0.826. The number of hydrogen-bond donors (Lipinski definition) is 1. The van der Waals surface area contributed by atoms with Gasteiger partial charge in [0.1, 0.15) is 0 Å². The monoisotopic (exact) mass is 324 g/mol. The Hall–Kier alpha value is -2.82. The molecule has 0 saturated heterocycles. The first kappa shape index (κ1) is 16.1. The van der Waals surface area contributed by atoms with Crippen LogP contribution >= 0.6 is 0 Å². The van der Waals surface area contributed by atoms with Gasteiger partial charge in [0.15, 0.2) is 5.58 Å². The molecule has 0 bridgehead atoms. The Morgan fingerprint density at radius 2 is 1.67 bits per heavy atom. The number of amides is 1. The predicted octanol–water partition coefficient (Wildman–Crippen LogP) is 3.48. The van der Waals surface area contributed by atoms with Crippen LogP contribution in [0, 0.1) is 0 Å². The minimum absolute atomic E-state index is 0.403. The Bertz CT molecular complexity index is 894. The highest BCUT2D eigenvalue weighted by Gasteiger charge is 2.13. The molecule has 5 nitrogen and oxygen atoms in total. The highest BCUT2D eigenvalue weighted by Crippen LogP contribution is 2.17. The summed E-state index contributed by atoms with van der Waals surface area (Å²) in [6.07, 6.45) is 5.37. The van der Waals surface area contributed by atoms with Gasteiger partial charge in [-0.1, -0.05) is 42.8 Å². The second kappa shape index (κ2) is 7.17. The average molecular weight is 324 g/mol. The Balaban J connectivity index is 1.56. The van der Waals surface area contributed by atoms with E-state index in [-0.39, 0.29) is 0 Å². The van der Waals surface area contributed by atoms with Gasteiger partial charge in [-0.05, 0) is 48.9 Å². The summed E-state index contributed by atoms with van der Waals surface area (Å²) in [6, 6.07) is 15.1. The standard InChI is InChI=1S/C19H20N2O3/c20-18(22)21-16-12-11-15(13-17(16)24-19(21)23)10-6-2-5-9-14-7-3-1-4-8-14/h1,3-4,7-8,11-13H,2,5-6,9-10H2,(H2,20,22). The van der Waals surface area contributed by atoms with Crippen molar-refractivity contribution in [1.82, 2.24) is 4.57 Å². The molecule has 2 aromatic carbocycles. The summed E-state index contributed by atoms with van der Waals surface area (Å²) < 4.78 is 5.94. The first-order valence-corrected chi connectivity index (χ1v) is 8.13. The summed E-state index contributed by atoms with van der Waals surface area (Å²) in [5, 5.41) is 0. The van der Waals surface area contributed by atoms with Crippen molar-refractivity contribution in [3.63, 3.8) is 0 Å². The molecule has 0 radical (unpaired) electrons. The van der Waals surface area contributed by atoms with Crippen molar-refractivity contribution in [3.8, 4) is 0 Å². The number of fused-ring (bicyclic) bond motifs is 1. The van der Waals surface area contributed by atoms with Crippen LogP contribution in [-0.4, -0.2) is 10.6 Å². The molecule has 1 aromatic heterocycles. The summed E-state index contributed by atoms with van der Waals surface area (Å²) in [5.41, 5.74) is 8.47. The molecular weight excluding hydrogens is 304 g/mol. The van der Waals surface area contributed by atoms with Gasteiger partial charge in [-0.15, -0.1) is 0 Å². The zero-order valence-corrected chi connectivity index (χ0v) is 13.4. The van der Waals surface area contributed by atoms with Gasteiger partial charge in [0.2, 0.25) is 0 Å². The van der Waals surface area contributed by atoms with Crippen LogP contribution in [0.4, 0.5) is 4.79 Å². The van der Waals surface area contributed by atoms with Crippen molar-refractivity contribution in [1.29, 1.82) is 0 Å². The maximum atomic E-state index is 11.6. The normalized spacial score (nSPS) is 11.0. The molecular formula is C19H20N2O3. The number of nitrogens with two attached hydrogens (primary N) is 1. The van der Waals surface area contributed by atoms with E-state index < -0.39 is 11.8 Å². The van der Waals surface area contributed by atoms with Gasteiger partial charge < -0.3 is 10.2 Å². The first-order chi connectivity index (χ1) is 11.6. The van der Waals surface area contributed by atoms with Crippen LogP contribution in [0.1, 0.15) is 30.4 Å². The van der Waals surface area contributed by atoms with Crippen molar-refractivity contribution >= 4 is 17.1 Å². The molecule has 1 heterocycles. The van der Waals surface area contributed by atoms with Crippen molar-refractivity contribution in [2.24, 2.45) is 5.73 Å². The van der Waals surface area contributed by atoms with E-state index in [1.165, 1.54) is 5.56 Å². The van der Waals surface area contributed by atoms with E-state index in [0.717, 1.165) is 42.2 Å². The molecule has 3 aromatic rings. The smallest absolute Gasteiger partial charge is 0.407 e. The van der Waals surface area contributed by atoms with Crippen LogP contribution < -0.4 is 11.5 Å². The van der Waals surface area contributed by atoms with Crippen LogP contribution in [0.5, 0.6) is 0 Å². The number of rotatable bonds is 6. The van der Waals surface area contributed by atoms with Crippen LogP contribution in [0.2, 0.25) is 0 Å². The molecule has 0 aliphatic rings. The van der Waals surface area contributed by atoms with Gasteiger partial charge in [0, 0.05) is 0 Å². The number of benzene rings is 2. The number of unbranched alkanes of at least 4 members (excludes halogenated alkanes) is 2. The van der Waals surface area contributed by atoms with Crippen LogP contribution in [0.3, 0.4) is 0 Å². The second-order valence-electron chi connectivity index (χ2n) is 5.89.